The number of thioether (sulfide) groups is 1. The maximum absolute atomic E-state index is 12.2. The Balaban J connectivity index is 1.26. The zero-order valence-corrected chi connectivity index (χ0v) is 14.3. The van der Waals surface area contributed by atoms with Gasteiger partial charge in [-0.05, 0) is 24.7 Å². The number of hydrogen-bond acceptors (Lipinski definition) is 5. The minimum absolute atomic E-state index is 0.0919. The number of nitrogens with one attached hydrogen (secondary N) is 2. The molecule has 0 aromatic carbocycles. The second-order valence-corrected chi connectivity index (χ2v) is 8.02. The van der Waals surface area contributed by atoms with Gasteiger partial charge in [0, 0.05) is 42.9 Å². The molecule has 3 heterocycles. The highest BCUT2D eigenvalue weighted by Gasteiger charge is 2.56. The van der Waals surface area contributed by atoms with E-state index in [1.54, 1.807) is 6.92 Å². The van der Waals surface area contributed by atoms with Crippen molar-refractivity contribution in [2.75, 3.05) is 31.1 Å². The number of amides is 2. The fourth-order valence-electron chi connectivity index (χ4n) is 3.72. The Hall–Kier alpha value is -1.83. The Morgan fingerprint density at radius 3 is 2.67 bits per heavy atom. The first-order valence-electron chi connectivity index (χ1n) is 8.25. The Labute approximate surface area is 143 Å². The van der Waals surface area contributed by atoms with Gasteiger partial charge in [-0.1, -0.05) is 0 Å². The minimum Gasteiger partial charge on any atom is -0.350 e. The lowest BCUT2D eigenvalue weighted by atomic mass is 10.1. The number of carbonyl (C=O) groups excluding carboxylic acids is 2. The average molecular weight is 348 g/mol. The summed E-state index contributed by atoms with van der Waals surface area (Å²) in [7, 11) is 0. The van der Waals surface area contributed by atoms with E-state index in [1.165, 1.54) is 6.07 Å². The maximum Gasteiger partial charge on any atom is 0.275 e. The molecule has 7 nitrogen and oxygen atoms in total. The van der Waals surface area contributed by atoms with Gasteiger partial charge in [0.15, 0.2) is 5.69 Å². The first kappa shape index (κ1) is 15.7. The number of aromatic nitrogens is 2. The van der Waals surface area contributed by atoms with Crippen LogP contribution in [-0.2, 0) is 4.79 Å². The minimum atomic E-state index is -0.430. The second kappa shape index (κ2) is 5.91. The summed E-state index contributed by atoms with van der Waals surface area (Å²) in [4.78, 5) is 38.0. The molecule has 128 valence electrons. The van der Waals surface area contributed by atoms with Crippen LogP contribution in [-0.4, -0.2) is 58.1 Å². The molecule has 1 aliphatic carbocycles. The number of nitrogens with zero attached hydrogens (tertiary/aromatic N) is 2. The third kappa shape index (κ3) is 2.72. The molecule has 3 fully saturated rings. The molecule has 8 heteroatoms. The van der Waals surface area contributed by atoms with E-state index in [2.05, 4.69) is 15.5 Å². The number of piperidine rings is 1. The van der Waals surface area contributed by atoms with E-state index in [-0.39, 0.29) is 17.0 Å². The van der Waals surface area contributed by atoms with Crippen molar-refractivity contribution in [2.24, 2.45) is 23.7 Å². The molecule has 1 aromatic heterocycles. The number of carbonyl (C=O) groups is 2. The largest absolute Gasteiger partial charge is 0.350 e. The van der Waals surface area contributed by atoms with Crippen molar-refractivity contribution in [1.29, 1.82) is 0 Å². The van der Waals surface area contributed by atoms with Crippen LogP contribution in [0, 0.1) is 30.6 Å². The van der Waals surface area contributed by atoms with E-state index < -0.39 is 5.91 Å². The fourth-order valence-corrected chi connectivity index (χ4v) is 4.48. The third-order valence-corrected chi connectivity index (χ3v) is 6.58. The van der Waals surface area contributed by atoms with Crippen molar-refractivity contribution in [2.45, 2.75) is 6.92 Å². The van der Waals surface area contributed by atoms with Crippen LogP contribution in [0.1, 0.15) is 16.2 Å². The predicted octanol–water partition coefficient (Wildman–Crippen LogP) is -0.124. The Kier molecular flexibility index (Phi) is 3.86. The molecule has 2 aliphatic heterocycles. The molecular formula is C16H20N4O3S. The third-order valence-electron chi connectivity index (χ3n) is 5.31. The first-order chi connectivity index (χ1) is 11.5. The smallest absolute Gasteiger partial charge is 0.275 e. The number of rotatable bonds is 4. The van der Waals surface area contributed by atoms with Crippen LogP contribution in [0.25, 0.3) is 0 Å². The van der Waals surface area contributed by atoms with Crippen LogP contribution >= 0.6 is 11.8 Å². The monoisotopic (exact) mass is 348 g/mol. The van der Waals surface area contributed by atoms with Gasteiger partial charge in [-0.3, -0.25) is 19.5 Å². The number of hydrogen-bond donors (Lipinski definition) is 2. The van der Waals surface area contributed by atoms with Gasteiger partial charge in [-0.15, -0.1) is 0 Å². The van der Waals surface area contributed by atoms with Crippen molar-refractivity contribution in [1.82, 2.24) is 20.4 Å². The molecule has 0 spiro atoms. The zero-order valence-electron chi connectivity index (χ0n) is 13.4. The van der Waals surface area contributed by atoms with E-state index in [0.29, 0.717) is 35.9 Å². The van der Waals surface area contributed by atoms with Crippen molar-refractivity contribution in [3.05, 3.63) is 27.7 Å². The van der Waals surface area contributed by atoms with Crippen molar-refractivity contribution in [3.63, 3.8) is 0 Å². The molecule has 2 N–H and O–H groups in total. The maximum atomic E-state index is 12.2. The highest BCUT2D eigenvalue weighted by Crippen LogP contribution is 2.51. The number of likely N-dealkylation sites (tertiary alicyclic amines) is 1. The van der Waals surface area contributed by atoms with Gasteiger partial charge in [0.1, 0.15) is 0 Å². The highest BCUT2D eigenvalue weighted by atomic mass is 32.2. The molecule has 1 saturated carbocycles. The summed E-state index contributed by atoms with van der Waals surface area (Å²) in [6.07, 6.45) is 0. The molecule has 2 saturated heterocycles. The van der Waals surface area contributed by atoms with Crippen molar-refractivity contribution < 1.29 is 9.59 Å². The number of aromatic amines is 1. The number of fused-ring (bicyclic) bond motifs is 1. The van der Waals surface area contributed by atoms with Crippen LogP contribution in [0.5, 0.6) is 0 Å². The summed E-state index contributed by atoms with van der Waals surface area (Å²) in [5.41, 5.74) is 0.170. The first-order valence-corrected chi connectivity index (χ1v) is 9.41. The number of aryl methyl sites for hydroxylation is 1. The molecule has 2 amide bonds. The molecule has 24 heavy (non-hydrogen) atoms. The van der Waals surface area contributed by atoms with E-state index in [9.17, 15) is 14.4 Å². The molecule has 2 unspecified atom stereocenters. The van der Waals surface area contributed by atoms with Crippen molar-refractivity contribution in [3.8, 4) is 0 Å². The van der Waals surface area contributed by atoms with Crippen molar-refractivity contribution >= 4 is 23.6 Å². The standard InChI is InChI=1S/C16H20N4O3S/c1-8-2-13(21)14(19-18-8)15(22)17-3-10-11-4-20(5-12(10)11)16(23)9-6-24-7-9/h2,9-12H,3-7H2,1H3,(H,17,22)(H,18,21). The van der Waals surface area contributed by atoms with Gasteiger partial charge in [0.2, 0.25) is 11.3 Å². The van der Waals surface area contributed by atoms with Crippen LogP contribution in [0.2, 0.25) is 0 Å². The second-order valence-electron chi connectivity index (χ2n) is 6.94. The summed E-state index contributed by atoms with van der Waals surface area (Å²) in [6.45, 7) is 3.89. The van der Waals surface area contributed by atoms with Crippen LogP contribution in [0.4, 0.5) is 0 Å². The van der Waals surface area contributed by atoms with Gasteiger partial charge in [0.05, 0.1) is 5.92 Å². The van der Waals surface area contributed by atoms with Gasteiger partial charge >= 0.3 is 0 Å². The Bertz CT molecular complexity index is 733. The fraction of sp³-hybridized carbons (Fsp3) is 0.625. The predicted molar refractivity (Wildman–Crippen MR) is 89.8 cm³/mol. The highest BCUT2D eigenvalue weighted by molar-refractivity contribution is 8.00. The summed E-state index contributed by atoms with van der Waals surface area (Å²) in [5.74, 6) is 3.42. The topological polar surface area (TPSA) is 95.2 Å². The van der Waals surface area contributed by atoms with Crippen LogP contribution < -0.4 is 10.7 Å². The van der Waals surface area contributed by atoms with E-state index in [4.69, 9.17) is 0 Å². The van der Waals surface area contributed by atoms with Gasteiger partial charge in [0.25, 0.3) is 5.91 Å². The normalized spacial score (nSPS) is 28.2. The van der Waals surface area contributed by atoms with Crippen LogP contribution in [0.15, 0.2) is 10.9 Å². The molecule has 2 atom stereocenters. The van der Waals surface area contributed by atoms with E-state index >= 15 is 0 Å². The Morgan fingerprint density at radius 1 is 1.38 bits per heavy atom. The summed E-state index contributed by atoms with van der Waals surface area (Å²) in [5, 5.41) is 9.27. The lowest BCUT2D eigenvalue weighted by molar-refractivity contribution is -0.134. The molecule has 3 aliphatic rings. The number of H-pyrrole nitrogens is 1. The van der Waals surface area contributed by atoms with Gasteiger partial charge < -0.3 is 10.2 Å². The van der Waals surface area contributed by atoms with Crippen LogP contribution in [0.3, 0.4) is 0 Å². The molecular weight excluding hydrogens is 328 g/mol. The average Bonchev–Trinajstić information content (AvgIpc) is 2.93. The quantitative estimate of drug-likeness (QED) is 0.791. The van der Waals surface area contributed by atoms with E-state index in [1.807, 2.05) is 16.7 Å². The Morgan fingerprint density at radius 2 is 2.08 bits per heavy atom. The summed E-state index contributed by atoms with van der Waals surface area (Å²) < 4.78 is 0. The summed E-state index contributed by atoms with van der Waals surface area (Å²) >= 11 is 1.83. The zero-order chi connectivity index (χ0) is 16.8. The van der Waals surface area contributed by atoms with Gasteiger partial charge in [-0.2, -0.15) is 16.9 Å². The SMILES string of the molecule is Cc1cc(=O)c(C(=O)NCC2C3CN(C(=O)C4CSC4)CC23)n[nH]1. The molecule has 4 rings (SSSR count). The molecule has 0 bridgehead atoms. The molecule has 0 radical (unpaired) electrons. The lowest BCUT2D eigenvalue weighted by Gasteiger charge is -2.30. The van der Waals surface area contributed by atoms with E-state index in [0.717, 1.165) is 24.6 Å². The molecule has 1 aromatic rings. The van der Waals surface area contributed by atoms with Gasteiger partial charge in [-0.25, -0.2) is 0 Å². The summed E-state index contributed by atoms with van der Waals surface area (Å²) in [6, 6.07) is 1.37. The lowest BCUT2D eigenvalue weighted by Crippen LogP contribution is -2.42.